The summed E-state index contributed by atoms with van der Waals surface area (Å²) in [5.41, 5.74) is 2.25. The zero-order valence-electron chi connectivity index (χ0n) is 16.4. The maximum Gasteiger partial charge on any atom is 0.325 e. The smallest absolute Gasteiger partial charge is 0.325 e. The number of rotatable bonds is 7. The normalized spacial score (nSPS) is 15.8. The van der Waals surface area contributed by atoms with Gasteiger partial charge in [0.1, 0.15) is 18.7 Å². The largest absolute Gasteiger partial charge is 0.326 e. The molecule has 1 aliphatic heterocycles. The zero-order valence-corrected chi connectivity index (χ0v) is 17.1. The number of imide groups is 1. The second-order valence-electron chi connectivity index (χ2n) is 7.06. The monoisotopic (exact) mass is 438 g/mol. The van der Waals surface area contributed by atoms with Gasteiger partial charge in [-0.2, -0.15) is 5.10 Å². The number of benzene rings is 2. The van der Waals surface area contributed by atoms with Crippen molar-refractivity contribution in [3.05, 3.63) is 77.3 Å². The highest BCUT2D eigenvalue weighted by molar-refractivity contribution is 6.31. The second kappa shape index (κ2) is 8.97. The van der Waals surface area contributed by atoms with E-state index in [1.54, 1.807) is 47.4 Å². The summed E-state index contributed by atoms with van der Waals surface area (Å²) in [4.78, 5) is 42.2. The summed E-state index contributed by atoms with van der Waals surface area (Å²) >= 11 is 6.12. The number of nitrogens with zero attached hydrogens (tertiary/aromatic N) is 4. The summed E-state index contributed by atoms with van der Waals surface area (Å²) in [6.07, 6.45) is 2.93. The summed E-state index contributed by atoms with van der Waals surface area (Å²) in [6.45, 7) is 0.619. The number of urea groups is 1. The van der Waals surface area contributed by atoms with Gasteiger partial charge >= 0.3 is 6.03 Å². The highest BCUT2D eigenvalue weighted by Gasteiger charge is 2.39. The molecule has 0 radical (unpaired) electrons. The summed E-state index contributed by atoms with van der Waals surface area (Å²) in [7, 11) is 0. The van der Waals surface area contributed by atoms with E-state index in [1.807, 2.05) is 12.1 Å². The Balaban J connectivity index is 1.32. The third kappa shape index (κ3) is 4.89. The van der Waals surface area contributed by atoms with E-state index >= 15 is 0 Å². The molecule has 0 spiro atoms. The topological polar surface area (TPSA) is 109 Å². The van der Waals surface area contributed by atoms with Gasteiger partial charge in [0.05, 0.1) is 19.5 Å². The van der Waals surface area contributed by atoms with Gasteiger partial charge in [0.25, 0.3) is 5.91 Å². The maximum absolute atomic E-state index is 12.6. The molecule has 1 aromatic heterocycles. The molecule has 1 aliphatic rings. The molecule has 158 valence electrons. The third-order valence-electron chi connectivity index (χ3n) is 4.83. The van der Waals surface area contributed by atoms with Crippen LogP contribution in [0.4, 0.5) is 10.5 Å². The Hall–Kier alpha value is -3.72. The fourth-order valence-electron chi connectivity index (χ4n) is 3.25. The van der Waals surface area contributed by atoms with Gasteiger partial charge in [-0.15, -0.1) is 0 Å². The number of carbonyl (C=O) groups is 3. The van der Waals surface area contributed by atoms with Crippen molar-refractivity contribution in [1.82, 2.24) is 25.0 Å². The number of halogens is 1. The van der Waals surface area contributed by atoms with E-state index in [1.165, 1.54) is 6.33 Å². The molecule has 0 bridgehead atoms. The van der Waals surface area contributed by atoms with Crippen molar-refractivity contribution in [3.8, 4) is 0 Å². The van der Waals surface area contributed by atoms with Crippen LogP contribution in [0, 0.1) is 0 Å². The predicted octanol–water partition coefficient (Wildman–Crippen LogP) is 2.43. The van der Waals surface area contributed by atoms with Crippen molar-refractivity contribution in [2.24, 2.45) is 0 Å². The zero-order chi connectivity index (χ0) is 21.8. The molecule has 0 unspecified atom stereocenters. The van der Waals surface area contributed by atoms with Crippen molar-refractivity contribution >= 4 is 35.1 Å². The van der Waals surface area contributed by atoms with Crippen LogP contribution in [0.3, 0.4) is 0 Å². The molecule has 10 heteroatoms. The number of hydrogen-bond donors (Lipinski definition) is 2. The SMILES string of the molecule is O=C(C[C@H]1NC(=O)N(Cc2ccccc2Cl)C1=O)Nc1ccc(Cn2cncn2)cc1. The number of hydrogen-bond acceptors (Lipinski definition) is 5. The molecule has 31 heavy (non-hydrogen) atoms. The Bertz CT molecular complexity index is 1100. The molecule has 1 fully saturated rings. The van der Waals surface area contributed by atoms with Crippen molar-refractivity contribution in [1.29, 1.82) is 0 Å². The van der Waals surface area contributed by atoms with Crippen molar-refractivity contribution < 1.29 is 14.4 Å². The lowest BCUT2D eigenvalue weighted by molar-refractivity contribution is -0.130. The molecule has 4 amide bonds. The molecule has 1 saturated heterocycles. The first-order valence-corrected chi connectivity index (χ1v) is 9.94. The fourth-order valence-corrected chi connectivity index (χ4v) is 3.45. The van der Waals surface area contributed by atoms with Crippen molar-refractivity contribution in [2.45, 2.75) is 25.6 Å². The van der Waals surface area contributed by atoms with Crippen LogP contribution in [0.2, 0.25) is 5.02 Å². The summed E-state index contributed by atoms with van der Waals surface area (Å²) < 4.78 is 1.69. The molecule has 2 N–H and O–H groups in total. The van der Waals surface area contributed by atoms with E-state index in [9.17, 15) is 14.4 Å². The maximum atomic E-state index is 12.6. The fraction of sp³-hybridized carbons (Fsp3) is 0.190. The minimum Gasteiger partial charge on any atom is -0.326 e. The van der Waals surface area contributed by atoms with Crippen LogP contribution in [-0.4, -0.2) is 43.6 Å². The quantitative estimate of drug-likeness (QED) is 0.550. The number of anilines is 1. The van der Waals surface area contributed by atoms with E-state index in [0.29, 0.717) is 22.8 Å². The average molecular weight is 439 g/mol. The molecule has 0 aliphatic carbocycles. The lowest BCUT2D eigenvalue weighted by Gasteiger charge is -2.14. The van der Waals surface area contributed by atoms with E-state index < -0.39 is 18.0 Å². The van der Waals surface area contributed by atoms with E-state index in [0.717, 1.165) is 10.5 Å². The molecule has 3 aromatic rings. The van der Waals surface area contributed by atoms with Gasteiger partial charge in [-0.25, -0.2) is 14.5 Å². The van der Waals surface area contributed by atoms with Crippen molar-refractivity contribution in [2.75, 3.05) is 5.32 Å². The van der Waals surface area contributed by atoms with Gasteiger partial charge in [0.15, 0.2) is 0 Å². The Labute approximate surface area is 183 Å². The highest BCUT2D eigenvalue weighted by atomic mass is 35.5. The van der Waals surface area contributed by atoms with Crippen LogP contribution >= 0.6 is 11.6 Å². The van der Waals surface area contributed by atoms with Crippen LogP contribution in [0.15, 0.2) is 61.2 Å². The molecule has 0 saturated carbocycles. The third-order valence-corrected chi connectivity index (χ3v) is 5.20. The second-order valence-corrected chi connectivity index (χ2v) is 7.47. The molecule has 2 heterocycles. The minimum atomic E-state index is -0.915. The lowest BCUT2D eigenvalue weighted by Crippen LogP contribution is -2.34. The Morgan fingerprint density at radius 3 is 2.58 bits per heavy atom. The highest BCUT2D eigenvalue weighted by Crippen LogP contribution is 2.20. The predicted molar refractivity (Wildman–Crippen MR) is 113 cm³/mol. The summed E-state index contributed by atoms with van der Waals surface area (Å²) in [5.74, 6) is -0.828. The molecular weight excluding hydrogens is 420 g/mol. The standard InChI is InChI=1S/C21H19ClN6O3/c22-17-4-2-1-3-15(17)11-28-20(30)18(26-21(28)31)9-19(29)25-16-7-5-14(6-8-16)10-27-13-23-12-24-27/h1-8,12-13,18H,9-11H2,(H,25,29)(H,26,31)/t18-/m1/s1. The molecule has 1 atom stereocenters. The molecule has 4 rings (SSSR count). The summed E-state index contributed by atoms with van der Waals surface area (Å²) in [6, 6.07) is 12.8. The van der Waals surface area contributed by atoms with Gasteiger partial charge in [-0.1, -0.05) is 41.9 Å². The minimum absolute atomic E-state index is 0.0513. The van der Waals surface area contributed by atoms with E-state index in [2.05, 4.69) is 20.7 Å². The van der Waals surface area contributed by atoms with Gasteiger partial charge in [0.2, 0.25) is 5.91 Å². The van der Waals surface area contributed by atoms with Crippen LogP contribution in [0.1, 0.15) is 17.5 Å². The molecule has 2 aromatic carbocycles. The first-order valence-electron chi connectivity index (χ1n) is 9.56. The Kier molecular flexibility index (Phi) is 5.94. The summed E-state index contributed by atoms with van der Waals surface area (Å²) in [5, 5.41) is 9.83. The van der Waals surface area contributed by atoms with Gasteiger partial charge in [-0.05, 0) is 29.3 Å². The van der Waals surface area contributed by atoms with Gasteiger partial charge in [-0.3, -0.25) is 14.5 Å². The van der Waals surface area contributed by atoms with Crippen LogP contribution in [-0.2, 0) is 22.7 Å². The van der Waals surface area contributed by atoms with Gasteiger partial charge < -0.3 is 10.6 Å². The number of aromatic nitrogens is 3. The Morgan fingerprint density at radius 2 is 1.87 bits per heavy atom. The lowest BCUT2D eigenvalue weighted by atomic mass is 10.1. The van der Waals surface area contributed by atoms with Crippen LogP contribution in [0.25, 0.3) is 0 Å². The van der Waals surface area contributed by atoms with Crippen LogP contribution in [0.5, 0.6) is 0 Å². The molecular formula is C21H19ClN6O3. The average Bonchev–Trinajstić information content (AvgIpc) is 3.35. The van der Waals surface area contributed by atoms with E-state index in [-0.39, 0.29) is 18.9 Å². The first kappa shape index (κ1) is 20.5. The number of amides is 4. The first-order chi connectivity index (χ1) is 15.0. The molecule has 9 nitrogen and oxygen atoms in total. The Morgan fingerprint density at radius 1 is 1.10 bits per heavy atom. The van der Waals surface area contributed by atoms with Gasteiger partial charge in [0, 0.05) is 10.7 Å². The van der Waals surface area contributed by atoms with E-state index in [4.69, 9.17) is 11.6 Å². The van der Waals surface area contributed by atoms with Crippen molar-refractivity contribution in [3.63, 3.8) is 0 Å². The number of carbonyl (C=O) groups excluding carboxylic acids is 3. The van der Waals surface area contributed by atoms with Crippen LogP contribution < -0.4 is 10.6 Å². The number of nitrogens with one attached hydrogen (secondary N) is 2.